The monoisotopic (exact) mass is 390 g/mol. The Labute approximate surface area is 165 Å². The van der Waals surface area contributed by atoms with E-state index in [-0.39, 0.29) is 0 Å². The lowest BCUT2D eigenvalue weighted by atomic mass is 10.3. The van der Waals surface area contributed by atoms with Crippen LogP contribution in [0.1, 0.15) is 38.2 Å². The van der Waals surface area contributed by atoms with Crippen molar-refractivity contribution in [2.75, 3.05) is 37.6 Å². The number of rotatable bonds is 9. The molecule has 9 heteroatoms. The average Bonchev–Trinajstić information content (AvgIpc) is 3.42. The van der Waals surface area contributed by atoms with Crippen LogP contribution in [0, 0.1) is 0 Å². The molecule has 2 N–H and O–H groups in total. The van der Waals surface area contributed by atoms with Crippen molar-refractivity contribution in [1.29, 1.82) is 0 Å². The first-order chi connectivity index (χ1) is 13.3. The fraction of sp³-hybridized carbons (Fsp3) is 0.667. The molecule has 0 spiro atoms. The van der Waals surface area contributed by atoms with Crippen molar-refractivity contribution < 1.29 is 0 Å². The number of thiazole rings is 1. The van der Waals surface area contributed by atoms with Gasteiger partial charge in [0.1, 0.15) is 12.2 Å². The van der Waals surface area contributed by atoms with Crippen LogP contribution in [0.5, 0.6) is 0 Å². The zero-order valence-corrected chi connectivity index (χ0v) is 17.1. The van der Waals surface area contributed by atoms with Crippen molar-refractivity contribution in [3.63, 3.8) is 0 Å². The van der Waals surface area contributed by atoms with E-state index in [4.69, 9.17) is 4.98 Å². The van der Waals surface area contributed by atoms with Crippen LogP contribution in [-0.2, 0) is 19.4 Å². The van der Waals surface area contributed by atoms with Crippen molar-refractivity contribution in [3.8, 4) is 0 Å². The van der Waals surface area contributed by atoms with Crippen molar-refractivity contribution >= 4 is 22.4 Å². The minimum absolute atomic E-state index is 0.728. The predicted octanol–water partition coefficient (Wildman–Crippen LogP) is 1.69. The van der Waals surface area contributed by atoms with Gasteiger partial charge in [-0.15, -0.1) is 21.5 Å². The minimum Gasteiger partial charge on any atom is -0.357 e. The molecule has 1 fully saturated rings. The van der Waals surface area contributed by atoms with E-state index in [1.54, 1.807) is 17.7 Å². The second-order valence-corrected chi connectivity index (χ2v) is 7.38. The third-order valence-electron chi connectivity index (χ3n) is 4.56. The van der Waals surface area contributed by atoms with Crippen molar-refractivity contribution in [2.24, 2.45) is 4.99 Å². The number of nitrogens with one attached hydrogen (secondary N) is 2. The van der Waals surface area contributed by atoms with Crippen molar-refractivity contribution in [2.45, 2.75) is 46.1 Å². The fourth-order valence-electron chi connectivity index (χ4n) is 3.12. The molecule has 0 unspecified atom stereocenters. The summed E-state index contributed by atoms with van der Waals surface area (Å²) in [7, 11) is 0. The smallest absolute Gasteiger partial charge is 0.191 e. The minimum atomic E-state index is 0.728. The quantitative estimate of drug-likeness (QED) is 0.501. The summed E-state index contributed by atoms with van der Waals surface area (Å²) in [5.41, 5.74) is 1.14. The standard InChI is InChI=1S/C18H30N8S/c1-3-16-24-22-14-26(16)12-9-21-17(19-4-2)20-8-7-15-13-27-18(23-15)25-10-5-6-11-25/h13-14H,3-12H2,1-2H3,(H2,19,20,21). The molecule has 8 nitrogen and oxygen atoms in total. The summed E-state index contributed by atoms with van der Waals surface area (Å²) >= 11 is 1.75. The summed E-state index contributed by atoms with van der Waals surface area (Å²) in [6, 6.07) is 0. The van der Waals surface area contributed by atoms with Crippen LogP contribution < -0.4 is 15.5 Å². The molecule has 0 aromatic carbocycles. The van der Waals surface area contributed by atoms with Gasteiger partial charge in [0.15, 0.2) is 11.1 Å². The van der Waals surface area contributed by atoms with Gasteiger partial charge in [-0.05, 0) is 19.8 Å². The number of guanidine groups is 1. The Hall–Kier alpha value is -2.16. The molecular formula is C18H30N8S. The number of aryl methyl sites for hydroxylation is 1. The largest absolute Gasteiger partial charge is 0.357 e. The van der Waals surface area contributed by atoms with Crippen molar-refractivity contribution in [1.82, 2.24) is 30.4 Å². The average molecular weight is 391 g/mol. The molecule has 2 aromatic rings. The molecule has 0 atom stereocenters. The third-order valence-corrected chi connectivity index (χ3v) is 5.51. The zero-order valence-electron chi connectivity index (χ0n) is 16.3. The van der Waals surface area contributed by atoms with Gasteiger partial charge in [0, 0.05) is 57.5 Å². The molecule has 0 aliphatic carbocycles. The number of anilines is 1. The highest BCUT2D eigenvalue weighted by atomic mass is 32.1. The number of hydrogen-bond donors (Lipinski definition) is 2. The van der Waals surface area contributed by atoms with Gasteiger partial charge in [-0.1, -0.05) is 6.92 Å². The molecule has 0 bridgehead atoms. The topological polar surface area (TPSA) is 83.3 Å². The molecule has 3 heterocycles. The third kappa shape index (κ3) is 5.66. The van der Waals surface area contributed by atoms with Crippen LogP contribution in [0.15, 0.2) is 16.7 Å². The van der Waals surface area contributed by atoms with Crippen LogP contribution in [0.4, 0.5) is 5.13 Å². The molecule has 0 saturated carbocycles. The van der Waals surface area contributed by atoms with Crippen LogP contribution in [0.3, 0.4) is 0 Å². The lowest BCUT2D eigenvalue weighted by Gasteiger charge is -2.12. The van der Waals surface area contributed by atoms with Crippen molar-refractivity contribution in [3.05, 3.63) is 23.2 Å². The maximum absolute atomic E-state index is 4.77. The Morgan fingerprint density at radius 2 is 2.11 bits per heavy atom. The SMILES string of the molecule is CCNC(=NCCc1csc(N2CCCC2)n1)NCCn1cnnc1CC. The Balaban J connectivity index is 1.45. The van der Waals surface area contributed by atoms with Gasteiger partial charge in [-0.2, -0.15) is 0 Å². The molecular weight excluding hydrogens is 360 g/mol. The van der Waals surface area contributed by atoms with Gasteiger partial charge in [0.2, 0.25) is 0 Å². The van der Waals surface area contributed by atoms with Crippen LogP contribution in [0.25, 0.3) is 0 Å². The summed E-state index contributed by atoms with van der Waals surface area (Å²) in [4.78, 5) is 11.8. The first-order valence-electron chi connectivity index (χ1n) is 9.88. The van der Waals surface area contributed by atoms with E-state index in [0.29, 0.717) is 0 Å². The molecule has 1 saturated heterocycles. The Bertz CT molecular complexity index is 717. The second kappa shape index (κ2) is 10.2. The number of nitrogens with zero attached hydrogens (tertiary/aromatic N) is 6. The summed E-state index contributed by atoms with van der Waals surface area (Å²) in [5.74, 6) is 1.86. The van der Waals surface area contributed by atoms with Crippen LogP contribution in [0.2, 0.25) is 0 Å². The summed E-state index contributed by atoms with van der Waals surface area (Å²) in [6.45, 7) is 9.64. The number of aromatic nitrogens is 4. The van der Waals surface area contributed by atoms with E-state index in [1.165, 1.54) is 12.8 Å². The van der Waals surface area contributed by atoms with E-state index in [9.17, 15) is 0 Å². The fourth-order valence-corrected chi connectivity index (χ4v) is 4.04. The van der Waals surface area contributed by atoms with E-state index in [0.717, 1.165) is 74.7 Å². The highest BCUT2D eigenvalue weighted by Gasteiger charge is 2.15. The van der Waals surface area contributed by atoms with Gasteiger partial charge in [0.25, 0.3) is 0 Å². The summed E-state index contributed by atoms with van der Waals surface area (Å²) < 4.78 is 2.08. The molecule has 1 aliphatic rings. The van der Waals surface area contributed by atoms with Gasteiger partial charge in [-0.25, -0.2) is 4.98 Å². The molecule has 2 aromatic heterocycles. The normalized spacial score (nSPS) is 14.7. The Kier molecular flexibility index (Phi) is 7.44. The zero-order chi connectivity index (χ0) is 18.9. The van der Waals surface area contributed by atoms with Crippen LogP contribution >= 0.6 is 11.3 Å². The Morgan fingerprint density at radius 3 is 2.89 bits per heavy atom. The molecule has 0 amide bonds. The Morgan fingerprint density at radius 1 is 1.26 bits per heavy atom. The maximum Gasteiger partial charge on any atom is 0.191 e. The predicted molar refractivity (Wildman–Crippen MR) is 111 cm³/mol. The van der Waals surface area contributed by atoms with Gasteiger partial charge >= 0.3 is 0 Å². The maximum atomic E-state index is 4.77. The number of aliphatic imine (C=N–C) groups is 1. The highest BCUT2D eigenvalue weighted by molar-refractivity contribution is 7.13. The number of hydrogen-bond acceptors (Lipinski definition) is 6. The van der Waals surface area contributed by atoms with Gasteiger partial charge in [-0.3, -0.25) is 4.99 Å². The molecule has 0 radical (unpaired) electrons. The summed E-state index contributed by atoms with van der Waals surface area (Å²) in [6.07, 6.45) is 6.11. The lowest BCUT2D eigenvalue weighted by molar-refractivity contribution is 0.632. The molecule has 3 rings (SSSR count). The first kappa shape index (κ1) is 19.6. The molecule has 1 aliphatic heterocycles. The molecule has 27 heavy (non-hydrogen) atoms. The van der Waals surface area contributed by atoms with Crippen LogP contribution in [-0.4, -0.2) is 58.4 Å². The van der Waals surface area contributed by atoms with E-state index in [1.807, 2.05) is 0 Å². The van der Waals surface area contributed by atoms with Gasteiger partial charge in [0.05, 0.1) is 5.69 Å². The van der Waals surface area contributed by atoms with E-state index in [2.05, 4.69) is 54.5 Å². The summed E-state index contributed by atoms with van der Waals surface area (Å²) in [5, 5.41) is 18.1. The van der Waals surface area contributed by atoms with Gasteiger partial charge < -0.3 is 20.1 Å². The molecule has 148 valence electrons. The highest BCUT2D eigenvalue weighted by Crippen LogP contribution is 2.24. The van der Waals surface area contributed by atoms with E-state index >= 15 is 0 Å². The van der Waals surface area contributed by atoms with E-state index < -0.39 is 0 Å². The lowest BCUT2D eigenvalue weighted by Crippen LogP contribution is -2.39. The second-order valence-electron chi connectivity index (χ2n) is 6.55. The first-order valence-corrected chi connectivity index (χ1v) is 10.8.